The molecule has 0 aromatic carbocycles. The lowest BCUT2D eigenvalue weighted by molar-refractivity contribution is -0.119. The number of ether oxygens (including phenoxy) is 2. The molecule has 0 spiro atoms. The van der Waals surface area contributed by atoms with E-state index in [0.29, 0.717) is 39.5 Å². The van der Waals surface area contributed by atoms with Crippen LogP contribution in [0.4, 0.5) is 4.79 Å². The Bertz CT molecular complexity index is 225. The smallest absolute Gasteiger partial charge is 0.314 e. The summed E-state index contributed by atoms with van der Waals surface area (Å²) in [5.41, 5.74) is 0. The predicted octanol–water partition coefficient (Wildman–Crippen LogP) is 0.111. The van der Waals surface area contributed by atoms with E-state index < -0.39 is 0 Å². The lowest BCUT2D eigenvalue weighted by atomic mass is 10.6. The van der Waals surface area contributed by atoms with Crippen LogP contribution in [0.25, 0.3) is 0 Å². The summed E-state index contributed by atoms with van der Waals surface area (Å²) in [7, 11) is 1.55. The van der Waals surface area contributed by atoms with Crippen LogP contribution in [0.1, 0.15) is 20.8 Å². The van der Waals surface area contributed by atoms with Gasteiger partial charge in [0.2, 0.25) is 5.91 Å². The van der Waals surface area contributed by atoms with Crippen LogP contribution in [0, 0.1) is 0 Å². The zero-order chi connectivity index (χ0) is 14.9. The quantitative estimate of drug-likeness (QED) is 0.522. The van der Waals surface area contributed by atoms with Crippen LogP contribution in [0.2, 0.25) is 0 Å². The summed E-state index contributed by atoms with van der Waals surface area (Å²) in [4.78, 5) is 21.2. The van der Waals surface area contributed by atoms with Crippen molar-refractivity contribution >= 4 is 11.9 Å². The number of hydrogen-bond acceptors (Lipinski definition) is 4. The van der Waals surface area contributed by atoms with Crippen molar-refractivity contribution in [2.45, 2.75) is 20.8 Å². The first-order chi connectivity index (χ1) is 9.16. The second-order valence-corrected chi connectivity index (χ2v) is 3.21. The van der Waals surface area contributed by atoms with Gasteiger partial charge in [-0.05, 0) is 0 Å². The minimum atomic E-state index is -0.222. The second-order valence-electron chi connectivity index (χ2n) is 3.21. The highest BCUT2D eigenvalue weighted by Crippen LogP contribution is 1.78. The molecule has 114 valence electrons. The van der Waals surface area contributed by atoms with Crippen LogP contribution in [0.5, 0.6) is 0 Å². The Kier molecular flexibility index (Phi) is 17.5. The molecule has 3 N–H and O–H groups in total. The van der Waals surface area contributed by atoms with Crippen molar-refractivity contribution in [3.8, 4) is 0 Å². The molecule has 0 aliphatic heterocycles. The third-order valence-electron chi connectivity index (χ3n) is 1.75. The standard InChI is InChI=1S/C10H21N3O4.C2H6/c1-9(14)12-3-5-16-7-8-17-6-4-13-10(15)11-2;1-2/h3-8H2,1-2H3,(H,12,14)(H2,11,13,15);1-2H3. The molecule has 0 unspecified atom stereocenters. The van der Waals surface area contributed by atoms with Crippen molar-refractivity contribution in [2.24, 2.45) is 0 Å². The molecular weight excluding hydrogens is 250 g/mol. The minimum Gasteiger partial charge on any atom is -0.377 e. The molecule has 0 aliphatic carbocycles. The Balaban J connectivity index is 0. The molecule has 0 atom stereocenters. The average Bonchev–Trinajstić information content (AvgIpc) is 2.42. The third-order valence-corrected chi connectivity index (χ3v) is 1.75. The predicted molar refractivity (Wildman–Crippen MR) is 74.1 cm³/mol. The summed E-state index contributed by atoms with van der Waals surface area (Å²) < 4.78 is 10.4. The number of hydrogen-bond donors (Lipinski definition) is 3. The fourth-order valence-electron chi connectivity index (χ4n) is 0.946. The van der Waals surface area contributed by atoms with E-state index in [2.05, 4.69) is 16.0 Å². The van der Waals surface area contributed by atoms with Crippen LogP contribution in [0.15, 0.2) is 0 Å². The number of rotatable bonds is 9. The first-order valence-electron chi connectivity index (χ1n) is 6.52. The van der Waals surface area contributed by atoms with Gasteiger partial charge in [-0.25, -0.2) is 4.79 Å². The summed E-state index contributed by atoms with van der Waals surface area (Å²) in [5, 5.41) is 7.64. The van der Waals surface area contributed by atoms with Gasteiger partial charge < -0.3 is 25.4 Å². The minimum absolute atomic E-state index is 0.0647. The van der Waals surface area contributed by atoms with Crippen molar-refractivity contribution in [3.05, 3.63) is 0 Å². The lowest BCUT2D eigenvalue weighted by Gasteiger charge is -2.07. The topological polar surface area (TPSA) is 88.7 Å². The summed E-state index contributed by atoms with van der Waals surface area (Å²) >= 11 is 0. The van der Waals surface area contributed by atoms with E-state index in [0.717, 1.165) is 0 Å². The van der Waals surface area contributed by atoms with E-state index in [-0.39, 0.29) is 11.9 Å². The Morgan fingerprint density at radius 2 is 1.37 bits per heavy atom. The van der Waals surface area contributed by atoms with Crippen molar-refractivity contribution in [1.82, 2.24) is 16.0 Å². The number of nitrogens with one attached hydrogen (secondary N) is 3. The van der Waals surface area contributed by atoms with Gasteiger partial charge in [-0.15, -0.1) is 0 Å². The van der Waals surface area contributed by atoms with Gasteiger partial charge in [0.15, 0.2) is 0 Å². The molecule has 0 aliphatic rings. The molecular formula is C12H27N3O4. The maximum absolute atomic E-state index is 10.7. The highest BCUT2D eigenvalue weighted by molar-refractivity contribution is 5.73. The normalized spacial score (nSPS) is 9.05. The number of carbonyl (C=O) groups is 2. The van der Waals surface area contributed by atoms with Gasteiger partial charge >= 0.3 is 6.03 Å². The molecule has 7 nitrogen and oxygen atoms in total. The molecule has 0 heterocycles. The van der Waals surface area contributed by atoms with E-state index in [1.165, 1.54) is 6.92 Å². The lowest BCUT2D eigenvalue weighted by Crippen LogP contribution is -2.35. The SMILES string of the molecule is CC.CNC(=O)NCCOCCOCCNC(C)=O. The molecule has 7 heteroatoms. The van der Waals surface area contributed by atoms with E-state index in [4.69, 9.17) is 9.47 Å². The van der Waals surface area contributed by atoms with Crippen LogP contribution in [0.3, 0.4) is 0 Å². The average molecular weight is 277 g/mol. The zero-order valence-electron chi connectivity index (χ0n) is 12.4. The van der Waals surface area contributed by atoms with Gasteiger partial charge in [0.1, 0.15) is 0 Å². The van der Waals surface area contributed by atoms with E-state index in [1.807, 2.05) is 13.8 Å². The van der Waals surface area contributed by atoms with Gasteiger partial charge in [0.05, 0.1) is 26.4 Å². The molecule has 0 fully saturated rings. The van der Waals surface area contributed by atoms with E-state index in [1.54, 1.807) is 7.05 Å². The van der Waals surface area contributed by atoms with Gasteiger partial charge in [-0.3, -0.25) is 4.79 Å². The molecule has 0 aromatic rings. The molecule has 0 saturated carbocycles. The van der Waals surface area contributed by atoms with Crippen LogP contribution in [-0.4, -0.2) is 58.5 Å². The summed E-state index contributed by atoms with van der Waals surface area (Å²) in [6.45, 7) is 8.29. The molecule has 3 amide bonds. The Hall–Kier alpha value is -1.34. The first-order valence-corrected chi connectivity index (χ1v) is 6.52. The monoisotopic (exact) mass is 277 g/mol. The highest BCUT2D eigenvalue weighted by atomic mass is 16.5. The molecule has 0 rings (SSSR count). The molecule has 0 radical (unpaired) electrons. The third kappa shape index (κ3) is 19.2. The summed E-state index contributed by atoms with van der Waals surface area (Å²) in [5.74, 6) is -0.0647. The Labute approximate surface area is 115 Å². The van der Waals surface area contributed by atoms with Crippen molar-refractivity contribution < 1.29 is 19.1 Å². The van der Waals surface area contributed by atoms with E-state index in [9.17, 15) is 9.59 Å². The van der Waals surface area contributed by atoms with Crippen molar-refractivity contribution in [1.29, 1.82) is 0 Å². The number of urea groups is 1. The largest absolute Gasteiger partial charge is 0.377 e. The Morgan fingerprint density at radius 1 is 0.895 bits per heavy atom. The summed E-state index contributed by atoms with van der Waals surface area (Å²) in [6.07, 6.45) is 0. The van der Waals surface area contributed by atoms with Gasteiger partial charge in [-0.2, -0.15) is 0 Å². The maximum Gasteiger partial charge on any atom is 0.314 e. The zero-order valence-corrected chi connectivity index (χ0v) is 12.4. The maximum atomic E-state index is 10.7. The van der Waals surface area contributed by atoms with Crippen LogP contribution >= 0.6 is 0 Å². The first kappa shape index (κ1) is 20.0. The molecule has 0 saturated heterocycles. The molecule has 0 aromatic heterocycles. The number of carbonyl (C=O) groups excluding carboxylic acids is 2. The van der Waals surface area contributed by atoms with Gasteiger partial charge in [-0.1, -0.05) is 13.8 Å². The fourth-order valence-corrected chi connectivity index (χ4v) is 0.946. The number of amides is 3. The molecule has 19 heavy (non-hydrogen) atoms. The second kappa shape index (κ2) is 16.7. The Morgan fingerprint density at radius 3 is 1.79 bits per heavy atom. The van der Waals surface area contributed by atoms with Crippen molar-refractivity contribution in [2.75, 3.05) is 46.6 Å². The van der Waals surface area contributed by atoms with E-state index >= 15 is 0 Å². The van der Waals surface area contributed by atoms with Gasteiger partial charge in [0, 0.05) is 27.1 Å². The van der Waals surface area contributed by atoms with Gasteiger partial charge in [0.25, 0.3) is 0 Å². The van der Waals surface area contributed by atoms with Crippen LogP contribution < -0.4 is 16.0 Å². The van der Waals surface area contributed by atoms with Crippen LogP contribution in [-0.2, 0) is 14.3 Å². The van der Waals surface area contributed by atoms with Crippen molar-refractivity contribution in [3.63, 3.8) is 0 Å². The fraction of sp³-hybridized carbons (Fsp3) is 0.833. The summed E-state index contributed by atoms with van der Waals surface area (Å²) in [6, 6.07) is -0.222. The molecule has 0 bridgehead atoms. The highest BCUT2D eigenvalue weighted by Gasteiger charge is 1.95.